The Morgan fingerprint density at radius 2 is 2.05 bits per heavy atom. The molecule has 2 aliphatic rings. The first-order valence-corrected chi connectivity index (χ1v) is 8.81. The van der Waals surface area contributed by atoms with Gasteiger partial charge in [-0.25, -0.2) is 0 Å². The van der Waals surface area contributed by atoms with Crippen LogP contribution in [0.1, 0.15) is 20.8 Å². The summed E-state index contributed by atoms with van der Waals surface area (Å²) in [6.45, 7) is 3.75. The largest absolute Gasteiger partial charge is 0.335 e. The molecule has 114 valence electrons. The molecule has 1 aromatic carbocycles. The van der Waals surface area contributed by atoms with Crippen LogP contribution in [0.15, 0.2) is 35.7 Å². The number of fused-ring (bicyclic) bond motifs is 1. The summed E-state index contributed by atoms with van der Waals surface area (Å²) in [5.41, 5.74) is 2.08. The molecule has 0 N–H and O–H groups in total. The van der Waals surface area contributed by atoms with Crippen molar-refractivity contribution >= 4 is 28.8 Å². The van der Waals surface area contributed by atoms with Crippen molar-refractivity contribution in [1.82, 2.24) is 9.80 Å². The predicted octanol–water partition coefficient (Wildman–Crippen LogP) is 3.28. The van der Waals surface area contributed by atoms with Gasteiger partial charge in [-0.1, -0.05) is 23.7 Å². The number of thiophene rings is 1. The number of halogens is 1. The fourth-order valence-electron chi connectivity index (χ4n) is 3.24. The highest BCUT2D eigenvalue weighted by Crippen LogP contribution is 2.28. The van der Waals surface area contributed by atoms with Crippen LogP contribution in [0.25, 0.3) is 0 Å². The molecule has 0 spiro atoms. The van der Waals surface area contributed by atoms with Gasteiger partial charge in [0.1, 0.15) is 0 Å². The molecular formula is C17H17ClN2OS. The summed E-state index contributed by atoms with van der Waals surface area (Å²) in [5.74, 6) is 0.0510. The molecule has 0 atom stereocenters. The van der Waals surface area contributed by atoms with Crippen LogP contribution < -0.4 is 0 Å². The number of carbonyl (C=O) groups excluding carboxylic acids is 1. The Bertz CT molecular complexity index is 708. The Morgan fingerprint density at radius 3 is 2.86 bits per heavy atom. The van der Waals surface area contributed by atoms with Crippen molar-refractivity contribution < 1.29 is 4.79 Å². The number of nitrogens with zero attached hydrogens (tertiary/aromatic N) is 2. The molecule has 0 unspecified atom stereocenters. The first-order valence-electron chi connectivity index (χ1n) is 7.55. The molecule has 3 heterocycles. The summed E-state index contributed by atoms with van der Waals surface area (Å²) in [7, 11) is 0. The number of hydrogen-bond donors (Lipinski definition) is 0. The minimum Gasteiger partial charge on any atom is -0.335 e. The first-order chi connectivity index (χ1) is 10.7. The van der Waals surface area contributed by atoms with E-state index in [9.17, 15) is 4.79 Å². The third-order valence-corrected chi connectivity index (χ3v) is 5.96. The number of likely N-dealkylation sites (tertiary alicyclic amines) is 1. The molecule has 0 saturated carbocycles. The van der Waals surface area contributed by atoms with E-state index >= 15 is 0 Å². The fraction of sp³-hybridized carbons (Fsp3) is 0.353. The predicted molar refractivity (Wildman–Crippen MR) is 89.6 cm³/mol. The topological polar surface area (TPSA) is 23.6 Å². The van der Waals surface area contributed by atoms with Crippen molar-refractivity contribution in [3.8, 4) is 0 Å². The second-order valence-electron chi connectivity index (χ2n) is 5.93. The van der Waals surface area contributed by atoms with Crippen LogP contribution in [0.3, 0.4) is 0 Å². The van der Waals surface area contributed by atoms with Gasteiger partial charge in [0, 0.05) is 37.1 Å². The van der Waals surface area contributed by atoms with Crippen molar-refractivity contribution in [2.24, 2.45) is 0 Å². The highest BCUT2D eigenvalue weighted by molar-refractivity contribution is 7.10. The molecule has 1 fully saturated rings. The standard InChI is InChI=1S/C17H17ClN2OS/c18-15-4-2-1-3-14(15)17(21)20-10-13(11-20)19-7-5-16-12(9-19)6-8-22-16/h1-4,6,8,13H,5,7,9-11H2. The van der Waals surface area contributed by atoms with Crippen molar-refractivity contribution in [3.05, 3.63) is 56.7 Å². The van der Waals surface area contributed by atoms with Gasteiger partial charge < -0.3 is 4.90 Å². The van der Waals surface area contributed by atoms with Gasteiger partial charge in [0.05, 0.1) is 10.6 Å². The molecule has 2 aliphatic heterocycles. The molecule has 1 amide bonds. The average Bonchev–Trinajstić information content (AvgIpc) is 2.93. The Morgan fingerprint density at radius 1 is 1.23 bits per heavy atom. The molecule has 0 bridgehead atoms. The Balaban J connectivity index is 1.39. The van der Waals surface area contributed by atoms with Crippen LogP contribution in [-0.2, 0) is 13.0 Å². The number of benzene rings is 1. The van der Waals surface area contributed by atoms with Crippen molar-refractivity contribution in [2.75, 3.05) is 19.6 Å². The molecule has 2 aromatic rings. The van der Waals surface area contributed by atoms with E-state index in [1.165, 1.54) is 10.4 Å². The summed E-state index contributed by atoms with van der Waals surface area (Å²) < 4.78 is 0. The van der Waals surface area contributed by atoms with E-state index in [1.807, 2.05) is 28.4 Å². The molecule has 0 aliphatic carbocycles. The molecule has 5 heteroatoms. The third kappa shape index (κ3) is 2.45. The molecular weight excluding hydrogens is 316 g/mol. The average molecular weight is 333 g/mol. The summed E-state index contributed by atoms with van der Waals surface area (Å²) in [6, 6.07) is 10.0. The van der Waals surface area contributed by atoms with Gasteiger partial charge in [0.2, 0.25) is 0 Å². The van der Waals surface area contributed by atoms with E-state index in [0.29, 0.717) is 16.6 Å². The lowest BCUT2D eigenvalue weighted by Crippen LogP contribution is -2.61. The van der Waals surface area contributed by atoms with Crippen LogP contribution in [0.2, 0.25) is 5.02 Å². The van der Waals surface area contributed by atoms with Crippen molar-refractivity contribution in [3.63, 3.8) is 0 Å². The molecule has 22 heavy (non-hydrogen) atoms. The lowest BCUT2D eigenvalue weighted by Gasteiger charge is -2.46. The van der Waals surface area contributed by atoms with Gasteiger partial charge in [-0.2, -0.15) is 0 Å². The minimum atomic E-state index is 0.0510. The van der Waals surface area contributed by atoms with Gasteiger partial charge in [-0.05, 0) is 35.6 Å². The van der Waals surface area contributed by atoms with E-state index in [2.05, 4.69) is 16.3 Å². The molecule has 1 saturated heterocycles. The molecule has 0 radical (unpaired) electrons. The number of amides is 1. The summed E-state index contributed by atoms with van der Waals surface area (Å²) in [5, 5.41) is 2.72. The zero-order valence-electron chi connectivity index (χ0n) is 12.2. The SMILES string of the molecule is O=C(c1ccccc1Cl)N1CC(N2CCc3sccc3C2)C1. The van der Waals surface area contributed by atoms with Gasteiger partial charge in [-0.3, -0.25) is 9.69 Å². The highest BCUT2D eigenvalue weighted by Gasteiger charge is 2.36. The highest BCUT2D eigenvalue weighted by atomic mass is 35.5. The second kappa shape index (κ2) is 5.69. The quantitative estimate of drug-likeness (QED) is 0.842. The molecule has 3 nitrogen and oxygen atoms in total. The van der Waals surface area contributed by atoms with Crippen molar-refractivity contribution in [2.45, 2.75) is 19.0 Å². The third-order valence-electron chi connectivity index (χ3n) is 4.61. The second-order valence-corrected chi connectivity index (χ2v) is 7.34. The van der Waals surface area contributed by atoms with Gasteiger partial charge in [-0.15, -0.1) is 11.3 Å². The van der Waals surface area contributed by atoms with Crippen LogP contribution >= 0.6 is 22.9 Å². The molecule has 4 rings (SSSR count). The van der Waals surface area contributed by atoms with Crippen LogP contribution in [-0.4, -0.2) is 41.4 Å². The minimum absolute atomic E-state index is 0.0510. The van der Waals surface area contributed by atoms with E-state index in [4.69, 9.17) is 11.6 Å². The maximum atomic E-state index is 12.5. The van der Waals surface area contributed by atoms with E-state index in [1.54, 1.807) is 12.1 Å². The van der Waals surface area contributed by atoms with Crippen LogP contribution in [0.5, 0.6) is 0 Å². The Hall–Kier alpha value is -1.36. The summed E-state index contributed by atoms with van der Waals surface area (Å²) >= 11 is 7.98. The normalized spacial score (nSPS) is 18.9. The van der Waals surface area contributed by atoms with Gasteiger partial charge in [0.15, 0.2) is 0 Å². The summed E-state index contributed by atoms with van der Waals surface area (Å²) in [6.07, 6.45) is 1.14. The van der Waals surface area contributed by atoms with Crippen molar-refractivity contribution in [1.29, 1.82) is 0 Å². The van der Waals surface area contributed by atoms with E-state index in [-0.39, 0.29) is 5.91 Å². The van der Waals surface area contributed by atoms with Crippen LogP contribution in [0.4, 0.5) is 0 Å². The van der Waals surface area contributed by atoms with E-state index < -0.39 is 0 Å². The number of hydrogen-bond acceptors (Lipinski definition) is 3. The smallest absolute Gasteiger partial charge is 0.255 e. The lowest BCUT2D eigenvalue weighted by atomic mass is 10.0. The number of rotatable bonds is 2. The Labute approximate surface area is 139 Å². The zero-order valence-corrected chi connectivity index (χ0v) is 13.7. The lowest BCUT2D eigenvalue weighted by molar-refractivity contribution is 0.0221. The molecule has 1 aromatic heterocycles. The fourth-order valence-corrected chi connectivity index (χ4v) is 4.35. The van der Waals surface area contributed by atoms with E-state index in [0.717, 1.165) is 32.6 Å². The monoisotopic (exact) mass is 332 g/mol. The Kier molecular flexibility index (Phi) is 3.68. The van der Waals surface area contributed by atoms with Crippen LogP contribution in [0, 0.1) is 0 Å². The maximum Gasteiger partial charge on any atom is 0.255 e. The van der Waals surface area contributed by atoms with Gasteiger partial charge in [0.25, 0.3) is 5.91 Å². The first kappa shape index (κ1) is 14.2. The maximum absolute atomic E-state index is 12.5. The zero-order chi connectivity index (χ0) is 15.1. The van der Waals surface area contributed by atoms with Gasteiger partial charge >= 0.3 is 0 Å². The number of carbonyl (C=O) groups is 1. The summed E-state index contributed by atoms with van der Waals surface area (Å²) in [4.78, 5) is 18.4.